The van der Waals surface area contributed by atoms with Crippen LogP contribution < -0.4 is 0 Å². The molecular weight excluding hydrogens is 903 g/mol. The maximum absolute atomic E-state index is 14.1. The van der Waals surface area contributed by atoms with Gasteiger partial charge in [-0.25, -0.2) is 0 Å². The highest BCUT2D eigenvalue weighted by molar-refractivity contribution is 5.83. The summed E-state index contributed by atoms with van der Waals surface area (Å²) in [6.07, 6.45) is 9.02. The first-order valence-electron chi connectivity index (χ1n) is 27.0. The van der Waals surface area contributed by atoms with Gasteiger partial charge in [0.15, 0.2) is 12.6 Å². The van der Waals surface area contributed by atoms with Gasteiger partial charge in [-0.15, -0.1) is 0 Å². The molecular formula is C54H101NO15. The fourth-order valence-electron chi connectivity index (χ4n) is 10.9. The van der Waals surface area contributed by atoms with Crippen LogP contribution in [0.2, 0.25) is 0 Å². The fraction of sp³-hybridized carbons (Fsp3) is 0.944. The number of cyclic esters (lactones) is 1. The number of aliphatic carboxylic acids is 1. The van der Waals surface area contributed by atoms with Crippen LogP contribution in [0.5, 0.6) is 0 Å². The molecule has 3 saturated heterocycles. The van der Waals surface area contributed by atoms with E-state index in [0.717, 1.165) is 12.8 Å². The van der Waals surface area contributed by atoms with E-state index in [9.17, 15) is 39.9 Å². The number of carboxylic acid groups (broad SMARTS) is 1. The monoisotopic (exact) mass is 1000 g/mol. The lowest BCUT2D eigenvalue weighted by molar-refractivity contribution is -0.318. The zero-order valence-corrected chi connectivity index (χ0v) is 45.9. The van der Waals surface area contributed by atoms with E-state index < -0.39 is 114 Å². The summed E-state index contributed by atoms with van der Waals surface area (Å²) in [5.41, 5.74) is -4.84. The summed E-state index contributed by atoms with van der Waals surface area (Å²) in [6.45, 7) is 18.6. The van der Waals surface area contributed by atoms with Gasteiger partial charge in [-0.1, -0.05) is 118 Å². The number of ketones is 1. The molecule has 0 aromatic rings. The summed E-state index contributed by atoms with van der Waals surface area (Å²) in [5.74, 6) is -5.63. The lowest BCUT2D eigenvalue weighted by atomic mass is 9.74. The number of carboxylic acids is 1. The van der Waals surface area contributed by atoms with E-state index in [4.69, 9.17) is 33.5 Å². The number of carbonyl (C=O) groups is 3. The number of methoxy groups -OCH3 is 1. The van der Waals surface area contributed by atoms with Gasteiger partial charge in [0.2, 0.25) is 0 Å². The molecule has 70 heavy (non-hydrogen) atoms. The van der Waals surface area contributed by atoms with Crippen molar-refractivity contribution in [1.29, 1.82) is 0 Å². The molecule has 3 heterocycles. The second-order valence-electron chi connectivity index (χ2n) is 22.2. The Morgan fingerprint density at radius 3 is 1.76 bits per heavy atom. The van der Waals surface area contributed by atoms with Crippen LogP contribution in [0.15, 0.2) is 0 Å². The molecule has 0 aromatic carbocycles. The molecule has 0 saturated carbocycles. The van der Waals surface area contributed by atoms with Crippen molar-refractivity contribution < 1.29 is 73.4 Å². The molecule has 0 amide bonds. The average Bonchev–Trinajstić information content (AvgIpc) is 3.29. The summed E-state index contributed by atoms with van der Waals surface area (Å²) >= 11 is 0. The van der Waals surface area contributed by atoms with E-state index in [-0.39, 0.29) is 31.4 Å². The van der Waals surface area contributed by atoms with E-state index in [0.29, 0.717) is 12.8 Å². The normalized spacial score (nSPS) is 39.2. The first-order chi connectivity index (χ1) is 32.7. The molecule has 18 atom stereocenters. The molecule has 3 fully saturated rings. The first-order valence-corrected chi connectivity index (χ1v) is 27.0. The number of unbranched alkanes of at least 4 members (excludes halogenated alkanes) is 13. The Bertz CT molecular complexity index is 1510. The van der Waals surface area contributed by atoms with Crippen molar-refractivity contribution in [3.63, 3.8) is 0 Å². The molecule has 16 heteroatoms. The number of carbonyl (C=O) groups excluding carboxylic acids is 2. The maximum Gasteiger partial charge on any atom is 0.311 e. The van der Waals surface area contributed by atoms with Gasteiger partial charge in [0.25, 0.3) is 0 Å². The van der Waals surface area contributed by atoms with Gasteiger partial charge in [-0.3, -0.25) is 14.4 Å². The van der Waals surface area contributed by atoms with Crippen LogP contribution in [0.25, 0.3) is 0 Å². The lowest BCUT2D eigenvalue weighted by Gasteiger charge is -2.49. The zero-order chi connectivity index (χ0) is 53.1. The van der Waals surface area contributed by atoms with Crippen LogP contribution in [0.4, 0.5) is 0 Å². The van der Waals surface area contributed by atoms with Gasteiger partial charge in [0, 0.05) is 43.7 Å². The van der Waals surface area contributed by atoms with Gasteiger partial charge in [0.1, 0.15) is 29.7 Å². The Kier molecular flexibility index (Phi) is 28.0. The SMILES string of the molecule is CCCCCCCCCCCCCCCCC(=O)O.CC[C@H]1OC(=O)[C@H](C)[C@@H](O[C@H]2C[C@@](C)(OC)[C@@H](O)[C@H](C)O2)[C@H](C)[C@@H](O[C@@H]2O[C@H](C)C[C@H](N(C)C)[C@H]2O)[C@](C)(O)C[C@@H](C)C(=O)[C@H](C)[C@@H](O)[C@]1(C)O. The number of ether oxygens (including phenoxy) is 6. The Morgan fingerprint density at radius 2 is 1.27 bits per heavy atom. The first kappa shape index (κ1) is 64.3. The molecule has 16 nitrogen and oxygen atoms in total. The number of aliphatic hydroxyl groups excluding tert-OH is 3. The predicted molar refractivity (Wildman–Crippen MR) is 269 cm³/mol. The minimum Gasteiger partial charge on any atom is -0.481 e. The third kappa shape index (κ3) is 19.1. The minimum atomic E-state index is -1.99. The topological polar surface area (TPSA) is 231 Å². The molecule has 3 aliphatic rings. The molecule has 0 unspecified atom stereocenters. The van der Waals surface area contributed by atoms with E-state index in [1.165, 1.54) is 105 Å². The highest BCUT2D eigenvalue weighted by atomic mass is 16.7. The number of nitrogens with zero attached hydrogens (tertiary/aromatic N) is 1. The van der Waals surface area contributed by atoms with Gasteiger partial charge >= 0.3 is 11.9 Å². The van der Waals surface area contributed by atoms with Crippen LogP contribution in [0, 0.1) is 23.7 Å². The Labute approximate surface area is 422 Å². The van der Waals surface area contributed by atoms with E-state index >= 15 is 0 Å². The predicted octanol–water partition coefficient (Wildman–Crippen LogP) is 7.73. The highest BCUT2D eigenvalue weighted by Crippen LogP contribution is 2.41. The molecule has 0 bridgehead atoms. The number of likely N-dealkylation sites (N-methyl/N-ethyl adjacent to an activating group) is 1. The molecule has 3 rings (SSSR count). The summed E-state index contributed by atoms with van der Waals surface area (Å²) in [7, 11) is 5.18. The molecule has 0 spiro atoms. The summed E-state index contributed by atoms with van der Waals surface area (Å²) in [4.78, 5) is 40.1. The quantitative estimate of drug-likeness (QED) is 0.0450. The van der Waals surface area contributed by atoms with E-state index in [1.807, 2.05) is 25.9 Å². The van der Waals surface area contributed by atoms with Crippen LogP contribution in [0.3, 0.4) is 0 Å². The smallest absolute Gasteiger partial charge is 0.311 e. The van der Waals surface area contributed by atoms with Crippen LogP contribution in [0.1, 0.15) is 198 Å². The van der Waals surface area contributed by atoms with Crippen molar-refractivity contribution in [2.45, 2.75) is 282 Å². The van der Waals surface area contributed by atoms with Crippen LogP contribution in [-0.4, -0.2) is 159 Å². The van der Waals surface area contributed by atoms with Crippen molar-refractivity contribution >= 4 is 17.7 Å². The van der Waals surface area contributed by atoms with Gasteiger partial charge in [-0.2, -0.15) is 0 Å². The molecule has 3 aliphatic heterocycles. The van der Waals surface area contributed by atoms with Crippen molar-refractivity contribution in [1.82, 2.24) is 4.90 Å². The summed E-state index contributed by atoms with van der Waals surface area (Å²) in [6, 6.07) is -0.324. The number of hydrogen-bond donors (Lipinski definition) is 6. The fourth-order valence-corrected chi connectivity index (χ4v) is 10.9. The standard InChI is InChI=1S/C37H67NO13.C17H34O2/c1-14-25-37(10,45)30(41)20(4)27(39)18(2)16-35(8,44)32(51-34-28(40)24(38(11)12)15-19(3)47-34)21(5)29(22(6)33(43)49-25)50-26-17-36(9,46-13)31(42)23(7)48-26;1-2-3-4-5-6-7-8-9-10-11-12-13-14-15-16-17(18)19/h18-26,28-32,34,40-42,44-45H,14-17H2,1-13H3;2-16H2,1H3,(H,18,19)/t18-,19-,20+,21+,22-,23+,24+,25-,26+,28-,29+,30-,31+,32-,34+,35-,36-,37-;/m1./s1. The average molecular weight is 1000 g/mol. The van der Waals surface area contributed by atoms with Gasteiger partial charge < -0.3 is 64.0 Å². The maximum atomic E-state index is 14.1. The summed E-state index contributed by atoms with van der Waals surface area (Å²) < 4.78 is 37.1. The molecule has 0 aromatic heterocycles. The van der Waals surface area contributed by atoms with Crippen molar-refractivity contribution in [3.05, 3.63) is 0 Å². The number of Topliss-reactive ketones (excluding diaryl/α,β-unsaturated/α-hetero) is 1. The van der Waals surface area contributed by atoms with Crippen molar-refractivity contribution in [2.24, 2.45) is 23.7 Å². The highest BCUT2D eigenvalue weighted by Gasteiger charge is 2.53. The van der Waals surface area contributed by atoms with Crippen LogP contribution in [-0.2, 0) is 42.8 Å². The minimum absolute atomic E-state index is 0.0936. The number of esters is 1. The number of rotatable bonds is 22. The molecule has 412 valence electrons. The summed E-state index contributed by atoms with van der Waals surface area (Å²) in [5, 5.41) is 66.1. The number of hydrogen-bond acceptors (Lipinski definition) is 15. The van der Waals surface area contributed by atoms with E-state index in [1.54, 1.807) is 41.5 Å². The third-order valence-corrected chi connectivity index (χ3v) is 15.6. The second kappa shape index (κ2) is 30.5. The van der Waals surface area contributed by atoms with Crippen molar-refractivity contribution in [2.75, 3.05) is 21.2 Å². The Morgan fingerprint density at radius 1 is 0.743 bits per heavy atom. The zero-order valence-electron chi connectivity index (χ0n) is 45.9. The largest absolute Gasteiger partial charge is 0.481 e. The second-order valence-corrected chi connectivity index (χ2v) is 22.2. The molecule has 0 radical (unpaired) electrons. The lowest BCUT2D eigenvalue weighted by Crippen LogP contribution is -2.61. The Balaban J connectivity index is 0.000000744. The van der Waals surface area contributed by atoms with Crippen molar-refractivity contribution in [3.8, 4) is 0 Å². The third-order valence-electron chi connectivity index (χ3n) is 15.6. The molecule has 6 N–H and O–H groups in total. The van der Waals surface area contributed by atoms with E-state index in [2.05, 4.69) is 6.92 Å². The number of aliphatic hydroxyl groups is 5. The molecule has 0 aliphatic carbocycles. The Hall–Kier alpha value is -1.83. The van der Waals surface area contributed by atoms with Gasteiger partial charge in [0.05, 0.1) is 47.6 Å². The van der Waals surface area contributed by atoms with Crippen LogP contribution >= 0.6 is 0 Å². The van der Waals surface area contributed by atoms with Gasteiger partial charge in [-0.05, 0) is 81.3 Å².